The Morgan fingerprint density at radius 2 is 1.64 bits per heavy atom. The van der Waals surface area contributed by atoms with Crippen LogP contribution in [0.15, 0.2) is 36.4 Å². The molecule has 1 saturated heterocycles. The van der Waals surface area contributed by atoms with Crippen LogP contribution in [0.1, 0.15) is 29.8 Å². The molecule has 6 nitrogen and oxygen atoms in total. The van der Waals surface area contributed by atoms with Crippen LogP contribution >= 0.6 is 0 Å². The van der Waals surface area contributed by atoms with Crippen molar-refractivity contribution in [1.29, 1.82) is 0 Å². The molecule has 3 N–H and O–H groups in total. The predicted molar refractivity (Wildman–Crippen MR) is 134 cm³/mol. The van der Waals surface area contributed by atoms with Gasteiger partial charge >= 0.3 is 0 Å². The van der Waals surface area contributed by atoms with Crippen LogP contribution in [0.4, 0.5) is 24.7 Å². The third-order valence-corrected chi connectivity index (χ3v) is 7.08. The molecule has 2 aromatic carbocycles. The van der Waals surface area contributed by atoms with Crippen LogP contribution in [-0.4, -0.2) is 54.6 Å². The summed E-state index contributed by atoms with van der Waals surface area (Å²) >= 11 is 0. The van der Waals surface area contributed by atoms with Gasteiger partial charge < -0.3 is 16.0 Å². The van der Waals surface area contributed by atoms with E-state index in [0.29, 0.717) is 48.8 Å². The van der Waals surface area contributed by atoms with E-state index in [0.717, 1.165) is 18.7 Å². The molecular weight excluding hydrogens is 467 g/mol. The maximum Gasteiger partial charge on any atom is 0.251 e. The number of aromatic nitrogens is 1. The first-order valence-corrected chi connectivity index (χ1v) is 12.1. The van der Waals surface area contributed by atoms with Gasteiger partial charge in [0.15, 0.2) is 11.6 Å². The third-order valence-electron chi connectivity index (χ3n) is 7.08. The van der Waals surface area contributed by atoms with E-state index in [2.05, 4.69) is 29.0 Å². The maximum atomic E-state index is 15.3. The molecule has 0 bridgehead atoms. The summed E-state index contributed by atoms with van der Waals surface area (Å²) in [4.78, 5) is 19.9. The monoisotopic (exact) mass is 495 g/mol. The fraction of sp³-hybridized carbons (Fsp3) is 0.333. The van der Waals surface area contributed by atoms with Crippen molar-refractivity contribution in [2.24, 2.45) is 0 Å². The minimum atomic E-state index is -1.13. The summed E-state index contributed by atoms with van der Waals surface area (Å²) in [5.74, 6) is -3.35. The predicted octanol–water partition coefficient (Wildman–Crippen LogP) is 4.23. The fourth-order valence-corrected chi connectivity index (χ4v) is 4.99. The number of halogens is 3. The highest BCUT2D eigenvalue weighted by Crippen LogP contribution is 2.36. The fourth-order valence-electron chi connectivity index (χ4n) is 4.99. The van der Waals surface area contributed by atoms with E-state index in [4.69, 9.17) is 5.73 Å². The summed E-state index contributed by atoms with van der Waals surface area (Å²) in [5.41, 5.74) is 8.18. The number of carbonyl (C=O) groups excluding carboxylic acids is 1. The Hall–Kier alpha value is -3.59. The average Bonchev–Trinajstić information content (AvgIpc) is 2.86. The number of nitrogen functional groups attached to an aromatic ring is 1. The molecule has 1 fully saturated rings. The van der Waals surface area contributed by atoms with E-state index in [-0.39, 0.29) is 28.5 Å². The number of hydrogen-bond donors (Lipinski definition) is 2. The van der Waals surface area contributed by atoms with Gasteiger partial charge in [-0.1, -0.05) is 12.1 Å². The number of benzene rings is 2. The van der Waals surface area contributed by atoms with Crippen LogP contribution in [-0.2, 0) is 6.42 Å². The van der Waals surface area contributed by atoms with Gasteiger partial charge in [-0.25, -0.2) is 13.8 Å². The van der Waals surface area contributed by atoms with Gasteiger partial charge in [0.2, 0.25) is 5.95 Å². The van der Waals surface area contributed by atoms with E-state index in [1.54, 1.807) is 18.2 Å². The van der Waals surface area contributed by atoms with Crippen molar-refractivity contribution in [3.8, 4) is 22.3 Å². The Balaban J connectivity index is 1.50. The summed E-state index contributed by atoms with van der Waals surface area (Å²) in [6, 6.07) is 9.83. The second kappa shape index (κ2) is 9.46. The van der Waals surface area contributed by atoms with Crippen LogP contribution < -0.4 is 16.0 Å². The van der Waals surface area contributed by atoms with Crippen molar-refractivity contribution in [3.63, 3.8) is 0 Å². The van der Waals surface area contributed by atoms with Crippen molar-refractivity contribution < 1.29 is 18.0 Å². The lowest BCUT2D eigenvalue weighted by atomic mass is 9.94. The van der Waals surface area contributed by atoms with Gasteiger partial charge in [0, 0.05) is 61.0 Å². The maximum absolute atomic E-state index is 15.3. The van der Waals surface area contributed by atoms with Crippen molar-refractivity contribution in [3.05, 3.63) is 65.1 Å². The SMILES string of the molecule is CC(C)N1CCN(c2ccc(-c3cc(-c4ccc5c(c4)CCNC5=O)c(N)nc3F)c(F)c2F)CC1. The van der Waals surface area contributed by atoms with E-state index in [1.165, 1.54) is 18.2 Å². The number of anilines is 2. The summed E-state index contributed by atoms with van der Waals surface area (Å²) in [6.07, 6.45) is 0.642. The number of amides is 1. The van der Waals surface area contributed by atoms with Crippen molar-refractivity contribution in [1.82, 2.24) is 15.2 Å². The van der Waals surface area contributed by atoms with E-state index >= 15 is 8.78 Å². The van der Waals surface area contributed by atoms with Gasteiger partial charge in [-0.15, -0.1) is 0 Å². The molecule has 0 radical (unpaired) electrons. The Labute approximate surface area is 207 Å². The second-order valence-corrected chi connectivity index (χ2v) is 9.51. The Morgan fingerprint density at radius 1 is 0.917 bits per heavy atom. The van der Waals surface area contributed by atoms with Gasteiger partial charge in [0.1, 0.15) is 5.82 Å². The Kier molecular flexibility index (Phi) is 6.34. The zero-order chi connectivity index (χ0) is 25.6. The molecule has 2 aliphatic heterocycles. The normalized spacial score (nSPS) is 16.3. The molecule has 1 aromatic heterocycles. The van der Waals surface area contributed by atoms with Crippen LogP contribution in [0, 0.1) is 17.6 Å². The van der Waals surface area contributed by atoms with E-state index < -0.39 is 17.6 Å². The number of rotatable bonds is 4. The average molecular weight is 496 g/mol. The molecule has 5 rings (SSSR count). The van der Waals surface area contributed by atoms with Gasteiger partial charge in [0.05, 0.1) is 5.69 Å². The first kappa shape index (κ1) is 24.1. The molecule has 2 aliphatic rings. The molecule has 0 unspecified atom stereocenters. The number of fused-ring (bicyclic) bond motifs is 1. The summed E-state index contributed by atoms with van der Waals surface area (Å²) in [6.45, 7) is 7.38. The number of nitrogens with zero attached hydrogens (tertiary/aromatic N) is 3. The van der Waals surface area contributed by atoms with Gasteiger partial charge in [-0.3, -0.25) is 9.69 Å². The van der Waals surface area contributed by atoms with Crippen LogP contribution in [0.5, 0.6) is 0 Å². The van der Waals surface area contributed by atoms with Crippen LogP contribution in [0.25, 0.3) is 22.3 Å². The van der Waals surface area contributed by atoms with Crippen molar-refractivity contribution in [2.75, 3.05) is 43.4 Å². The second-order valence-electron chi connectivity index (χ2n) is 9.51. The molecule has 36 heavy (non-hydrogen) atoms. The molecule has 0 spiro atoms. The number of hydrogen-bond acceptors (Lipinski definition) is 5. The van der Waals surface area contributed by atoms with Crippen molar-refractivity contribution in [2.45, 2.75) is 26.3 Å². The van der Waals surface area contributed by atoms with Gasteiger partial charge in [-0.2, -0.15) is 4.39 Å². The highest BCUT2D eigenvalue weighted by atomic mass is 19.2. The van der Waals surface area contributed by atoms with E-state index in [1.807, 2.05) is 4.90 Å². The lowest BCUT2D eigenvalue weighted by molar-refractivity contribution is 0.0946. The third kappa shape index (κ3) is 4.28. The topological polar surface area (TPSA) is 74.5 Å². The first-order valence-electron chi connectivity index (χ1n) is 12.1. The quantitative estimate of drug-likeness (QED) is 0.530. The molecule has 3 aromatic rings. The lowest BCUT2D eigenvalue weighted by Gasteiger charge is -2.38. The molecule has 188 valence electrons. The van der Waals surface area contributed by atoms with Crippen LogP contribution in [0.3, 0.4) is 0 Å². The van der Waals surface area contributed by atoms with Gasteiger partial charge in [0.25, 0.3) is 5.91 Å². The molecule has 0 aliphatic carbocycles. The highest BCUT2D eigenvalue weighted by molar-refractivity contribution is 5.97. The molecule has 0 saturated carbocycles. The Morgan fingerprint density at radius 3 is 2.36 bits per heavy atom. The number of carbonyl (C=O) groups is 1. The standard InChI is InChI=1S/C27H28F3N5O/c1-15(2)34-9-11-35(12-10-34)22-6-5-19(23(28)24(22)29)21-14-20(26(31)33-25(21)30)16-3-4-18-17(13-16)7-8-32-27(18)36/h3-6,13-15H,7-12H2,1-2H3,(H2,31,33)(H,32,36). The molecule has 0 atom stereocenters. The smallest absolute Gasteiger partial charge is 0.251 e. The molecular formula is C27H28F3N5O. The highest BCUT2D eigenvalue weighted by Gasteiger charge is 2.26. The minimum absolute atomic E-state index is 0.0722. The number of pyridine rings is 1. The summed E-state index contributed by atoms with van der Waals surface area (Å²) < 4.78 is 45.4. The Bertz CT molecular complexity index is 1340. The van der Waals surface area contributed by atoms with Gasteiger partial charge in [-0.05, 0) is 55.7 Å². The summed E-state index contributed by atoms with van der Waals surface area (Å²) in [7, 11) is 0. The minimum Gasteiger partial charge on any atom is -0.383 e. The largest absolute Gasteiger partial charge is 0.383 e. The van der Waals surface area contributed by atoms with Crippen LogP contribution in [0.2, 0.25) is 0 Å². The number of nitrogens with two attached hydrogens (primary N) is 1. The molecule has 9 heteroatoms. The van der Waals surface area contributed by atoms with Crippen molar-refractivity contribution >= 4 is 17.4 Å². The zero-order valence-corrected chi connectivity index (χ0v) is 20.2. The lowest BCUT2D eigenvalue weighted by Crippen LogP contribution is -2.49. The number of nitrogens with one attached hydrogen (secondary N) is 1. The first-order chi connectivity index (χ1) is 17.2. The zero-order valence-electron chi connectivity index (χ0n) is 20.2. The number of piperazine rings is 1. The summed E-state index contributed by atoms with van der Waals surface area (Å²) in [5, 5.41) is 2.78. The molecule has 3 heterocycles. The van der Waals surface area contributed by atoms with E-state index in [9.17, 15) is 9.18 Å². The molecule has 1 amide bonds.